The molecule has 90 valence electrons. The second-order valence-electron chi connectivity index (χ2n) is 3.77. The van der Waals surface area contributed by atoms with Crippen LogP contribution < -0.4 is 12.4 Å². The van der Waals surface area contributed by atoms with Gasteiger partial charge in [0.2, 0.25) is 0 Å². The molecule has 3 aromatic rings. The van der Waals surface area contributed by atoms with Crippen LogP contribution in [0.25, 0.3) is 20.5 Å². The van der Waals surface area contributed by atoms with E-state index in [-0.39, 0.29) is 12.4 Å². The number of halogens is 1. The van der Waals surface area contributed by atoms with E-state index >= 15 is 0 Å². The van der Waals surface area contributed by atoms with Crippen LogP contribution in [-0.4, -0.2) is 20.9 Å². The van der Waals surface area contributed by atoms with Gasteiger partial charge >= 0.3 is 111 Å². The van der Waals surface area contributed by atoms with Crippen LogP contribution in [0.2, 0.25) is 0 Å². The summed E-state index contributed by atoms with van der Waals surface area (Å²) in [6.45, 7) is 0. The first-order valence-electron chi connectivity index (χ1n) is 5.47. The van der Waals surface area contributed by atoms with Crippen molar-refractivity contribution < 1.29 is 15.2 Å². The normalized spacial score (nSPS) is 9.78. The summed E-state index contributed by atoms with van der Waals surface area (Å²) in [6, 6.07) is 23.0. The van der Waals surface area contributed by atoms with Gasteiger partial charge in [-0.3, -0.25) is 0 Å². The Labute approximate surface area is 123 Å². The fourth-order valence-corrected chi connectivity index (χ4v) is 3.75. The molecule has 1 aromatic heterocycles. The Hall–Kier alpha value is -1.07. The Morgan fingerprint density at radius 1 is 0.722 bits per heavy atom. The molecule has 0 bridgehead atoms. The fourth-order valence-electron chi connectivity index (χ4n) is 1.72. The molecule has 0 saturated heterocycles. The van der Waals surface area contributed by atoms with E-state index in [1.54, 1.807) is 0 Å². The molecule has 0 aliphatic heterocycles. The van der Waals surface area contributed by atoms with E-state index in [9.17, 15) is 0 Å². The Kier molecular flexibility index (Phi) is 4.60. The minimum absolute atomic E-state index is 0. The zero-order valence-electron chi connectivity index (χ0n) is 9.55. The zero-order valence-corrected chi connectivity index (χ0v) is 12.6. The van der Waals surface area contributed by atoms with Crippen molar-refractivity contribution in [3.63, 3.8) is 0 Å². The predicted octanol–water partition coefficient (Wildman–Crippen LogP) is 0.956. The number of benzene rings is 2. The molecular weight excluding hydrogens is 359 g/mol. The average molecular weight is 370 g/mol. The third-order valence-electron chi connectivity index (χ3n) is 2.60. The predicted molar refractivity (Wildman–Crippen MR) is 70.9 cm³/mol. The van der Waals surface area contributed by atoms with E-state index in [0.29, 0.717) is 0 Å². The molecule has 2 aromatic carbocycles. The molecule has 3 heteroatoms. The van der Waals surface area contributed by atoms with Crippen molar-refractivity contribution in [1.29, 1.82) is 0 Å². The molecule has 0 aliphatic rings. The summed E-state index contributed by atoms with van der Waals surface area (Å²) in [5, 5.41) is 0. The Bertz CT molecular complexity index is 551. The van der Waals surface area contributed by atoms with Crippen molar-refractivity contribution in [2.24, 2.45) is 0 Å². The van der Waals surface area contributed by atoms with Gasteiger partial charge in [-0.2, -0.15) is 0 Å². The monoisotopic (exact) mass is 372 g/mol. The van der Waals surface area contributed by atoms with Crippen LogP contribution in [0.1, 0.15) is 0 Å². The van der Waals surface area contributed by atoms with Gasteiger partial charge in [0.05, 0.1) is 0 Å². The molecule has 1 nitrogen and oxygen atoms in total. The molecule has 0 amide bonds. The Morgan fingerprint density at radius 2 is 1.28 bits per heavy atom. The standard InChI is InChI=1S/C15H11OTe.ClH/c1-3-7-12(8-4-1)14-11-15(17-16-14)13-9-5-2-6-10-13;/h1-11H;1H/q+1;/p-1. The van der Waals surface area contributed by atoms with Crippen LogP contribution in [0, 0.1) is 0 Å². The van der Waals surface area contributed by atoms with Crippen LogP contribution in [0.5, 0.6) is 0 Å². The Morgan fingerprint density at radius 3 is 1.89 bits per heavy atom. The fraction of sp³-hybridized carbons (Fsp3) is 0. The molecule has 0 aliphatic carbocycles. The summed E-state index contributed by atoms with van der Waals surface area (Å²) >= 11 is -0.527. The van der Waals surface area contributed by atoms with E-state index in [4.69, 9.17) is 2.76 Å². The van der Waals surface area contributed by atoms with Crippen molar-refractivity contribution in [2.75, 3.05) is 0 Å². The number of hydrogen-bond acceptors (Lipinski definition) is 0. The van der Waals surface area contributed by atoms with Crippen molar-refractivity contribution >= 4 is 20.9 Å². The number of hydrogen-bond donors (Lipinski definition) is 0. The molecule has 0 fully saturated rings. The summed E-state index contributed by atoms with van der Waals surface area (Å²) in [5.74, 6) is 1.02. The summed E-state index contributed by atoms with van der Waals surface area (Å²) < 4.78 is 7.23. The molecular formula is C15H11ClOTe. The van der Waals surface area contributed by atoms with Gasteiger partial charge in [0.1, 0.15) is 0 Å². The SMILES string of the molecule is [Cl-].c1ccc(-c2cc(-c3ccccc3)[te][o+]2)cc1. The van der Waals surface area contributed by atoms with Crippen molar-refractivity contribution in [2.45, 2.75) is 0 Å². The van der Waals surface area contributed by atoms with E-state index in [2.05, 4.69) is 42.5 Å². The molecule has 0 N–H and O–H groups in total. The van der Waals surface area contributed by atoms with Gasteiger partial charge < -0.3 is 12.4 Å². The molecule has 0 spiro atoms. The van der Waals surface area contributed by atoms with Gasteiger partial charge in [-0.15, -0.1) is 0 Å². The summed E-state index contributed by atoms with van der Waals surface area (Å²) in [5.41, 5.74) is 2.46. The first-order valence-corrected chi connectivity index (χ1v) is 7.59. The summed E-state index contributed by atoms with van der Waals surface area (Å²) in [6.07, 6.45) is 0. The second-order valence-corrected chi connectivity index (χ2v) is 5.98. The molecule has 0 unspecified atom stereocenters. The van der Waals surface area contributed by atoms with Gasteiger partial charge in [0.15, 0.2) is 0 Å². The van der Waals surface area contributed by atoms with Crippen molar-refractivity contribution in [1.82, 2.24) is 0 Å². The van der Waals surface area contributed by atoms with Gasteiger partial charge in [0, 0.05) is 0 Å². The second kappa shape index (κ2) is 6.20. The molecule has 0 atom stereocenters. The van der Waals surface area contributed by atoms with Crippen molar-refractivity contribution in [3.05, 3.63) is 66.7 Å². The Balaban J connectivity index is 0.00000120. The molecule has 3 rings (SSSR count). The molecule has 0 radical (unpaired) electrons. The van der Waals surface area contributed by atoms with Crippen LogP contribution in [-0.2, 0) is 0 Å². The molecule has 1 heterocycles. The van der Waals surface area contributed by atoms with Crippen LogP contribution in [0.15, 0.2) is 69.5 Å². The first kappa shape index (κ1) is 13.4. The number of rotatable bonds is 2. The zero-order chi connectivity index (χ0) is 11.5. The molecule has 18 heavy (non-hydrogen) atoms. The van der Waals surface area contributed by atoms with Gasteiger partial charge in [-0.05, 0) is 0 Å². The van der Waals surface area contributed by atoms with E-state index in [1.807, 2.05) is 24.3 Å². The van der Waals surface area contributed by atoms with Gasteiger partial charge in [0.25, 0.3) is 0 Å². The van der Waals surface area contributed by atoms with Crippen molar-refractivity contribution in [3.8, 4) is 20.5 Å². The van der Waals surface area contributed by atoms with Crippen LogP contribution in [0.4, 0.5) is 0 Å². The summed E-state index contributed by atoms with van der Waals surface area (Å²) in [7, 11) is 0. The maximum atomic E-state index is 5.86. The third kappa shape index (κ3) is 2.84. The summed E-state index contributed by atoms with van der Waals surface area (Å²) in [4.78, 5) is 0. The van der Waals surface area contributed by atoms with E-state index in [1.165, 1.54) is 14.7 Å². The minimum atomic E-state index is -0.527. The van der Waals surface area contributed by atoms with E-state index < -0.39 is 20.9 Å². The van der Waals surface area contributed by atoms with E-state index in [0.717, 1.165) is 5.76 Å². The molecule has 0 saturated carbocycles. The first-order chi connectivity index (χ1) is 8.43. The van der Waals surface area contributed by atoms with Gasteiger partial charge in [-0.1, -0.05) is 0 Å². The topological polar surface area (TPSA) is 11.3 Å². The van der Waals surface area contributed by atoms with Gasteiger partial charge in [-0.25, -0.2) is 0 Å². The third-order valence-corrected chi connectivity index (χ3v) is 4.87. The van der Waals surface area contributed by atoms with Crippen LogP contribution in [0.3, 0.4) is 0 Å². The maximum absolute atomic E-state index is 5.86. The quantitative estimate of drug-likeness (QED) is 0.483. The van der Waals surface area contributed by atoms with Crippen LogP contribution >= 0.6 is 0 Å². The average Bonchev–Trinajstić information content (AvgIpc) is 2.90.